The Balaban J connectivity index is 1.59. The summed E-state index contributed by atoms with van der Waals surface area (Å²) in [5.74, 6) is 2.77. The molecular formula is C9H12N4O2S. The lowest BCUT2D eigenvalue weighted by Crippen LogP contribution is -2.37. The zero-order chi connectivity index (χ0) is 10.9. The number of fused-ring (bicyclic) bond motifs is 3. The third-order valence-electron chi connectivity index (χ3n) is 4.19. The molecule has 16 heavy (non-hydrogen) atoms. The van der Waals surface area contributed by atoms with Gasteiger partial charge in [-0.2, -0.15) is 5.10 Å². The predicted octanol–water partition coefficient (Wildman–Crippen LogP) is -0.263. The van der Waals surface area contributed by atoms with Crippen LogP contribution in [0.5, 0.6) is 0 Å². The highest BCUT2D eigenvalue weighted by Crippen LogP contribution is 2.69. The molecule has 86 valence electrons. The summed E-state index contributed by atoms with van der Waals surface area (Å²) in [6, 6.07) is 0.144. The predicted molar refractivity (Wildman–Crippen MR) is 53.7 cm³/mol. The molecule has 0 aliphatic heterocycles. The molecule has 1 aromatic heterocycles. The van der Waals surface area contributed by atoms with Crippen LogP contribution in [0.4, 0.5) is 0 Å². The number of nitrogens with zero attached hydrogens (tertiary/aromatic N) is 2. The van der Waals surface area contributed by atoms with Crippen LogP contribution in [0.1, 0.15) is 12.8 Å². The van der Waals surface area contributed by atoms with Crippen LogP contribution in [0, 0.1) is 23.7 Å². The molecule has 0 saturated heterocycles. The summed E-state index contributed by atoms with van der Waals surface area (Å²) in [4.78, 5) is 3.69. The van der Waals surface area contributed by atoms with Gasteiger partial charge in [-0.05, 0) is 36.5 Å². The van der Waals surface area contributed by atoms with Gasteiger partial charge in [0.2, 0.25) is 0 Å². The van der Waals surface area contributed by atoms with Gasteiger partial charge in [-0.25, -0.2) is 23.2 Å². The molecule has 0 aromatic carbocycles. The van der Waals surface area contributed by atoms with E-state index in [0.29, 0.717) is 11.8 Å². The molecule has 4 atom stereocenters. The Morgan fingerprint density at radius 1 is 1.25 bits per heavy atom. The average Bonchev–Trinajstić information content (AvgIpc) is 3.09. The van der Waals surface area contributed by atoms with Crippen molar-refractivity contribution in [3.8, 4) is 0 Å². The first-order valence-electron chi connectivity index (χ1n) is 5.54. The zero-order valence-corrected chi connectivity index (χ0v) is 9.31. The van der Waals surface area contributed by atoms with Crippen LogP contribution in [0.2, 0.25) is 0 Å². The fourth-order valence-corrected chi connectivity index (χ4v) is 4.51. The lowest BCUT2D eigenvalue weighted by Gasteiger charge is -2.14. The highest BCUT2D eigenvalue weighted by Gasteiger charge is 2.67. The number of aromatic amines is 1. The SMILES string of the molecule is O=S(=O)(NC1[C@@H]2C[C@@H]2[C@H]2C[C@@H]12)c1ncn[nH]1. The molecule has 0 bridgehead atoms. The first-order chi connectivity index (χ1) is 7.67. The third kappa shape index (κ3) is 1.12. The maximum atomic E-state index is 11.9. The van der Waals surface area contributed by atoms with Crippen LogP contribution in [-0.4, -0.2) is 29.6 Å². The van der Waals surface area contributed by atoms with Gasteiger partial charge in [0.05, 0.1) is 0 Å². The van der Waals surface area contributed by atoms with Gasteiger partial charge < -0.3 is 0 Å². The maximum Gasteiger partial charge on any atom is 0.276 e. The van der Waals surface area contributed by atoms with Gasteiger partial charge >= 0.3 is 0 Å². The van der Waals surface area contributed by atoms with Crippen LogP contribution in [0.15, 0.2) is 11.5 Å². The van der Waals surface area contributed by atoms with E-state index >= 15 is 0 Å². The average molecular weight is 240 g/mol. The van der Waals surface area contributed by atoms with Crippen molar-refractivity contribution in [3.05, 3.63) is 6.33 Å². The van der Waals surface area contributed by atoms with Crippen LogP contribution < -0.4 is 4.72 Å². The van der Waals surface area contributed by atoms with Crippen molar-refractivity contribution in [1.29, 1.82) is 0 Å². The summed E-state index contributed by atoms with van der Waals surface area (Å²) in [5.41, 5.74) is 0. The van der Waals surface area contributed by atoms with Crippen molar-refractivity contribution in [3.63, 3.8) is 0 Å². The Morgan fingerprint density at radius 2 is 1.94 bits per heavy atom. The highest BCUT2D eigenvalue weighted by atomic mass is 32.2. The largest absolute Gasteiger partial charge is 0.276 e. The van der Waals surface area contributed by atoms with Crippen molar-refractivity contribution in [2.75, 3.05) is 0 Å². The molecule has 6 nitrogen and oxygen atoms in total. The highest BCUT2D eigenvalue weighted by molar-refractivity contribution is 7.89. The minimum Gasteiger partial charge on any atom is -0.249 e. The second-order valence-electron chi connectivity index (χ2n) is 5.06. The summed E-state index contributed by atoms with van der Waals surface area (Å²) < 4.78 is 26.6. The van der Waals surface area contributed by atoms with E-state index < -0.39 is 10.0 Å². The Morgan fingerprint density at radius 3 is 2.50 bits per heavy atom. The molecule has 0 unspecified atom stereocenters. The van der Waals surface area contributed by atoms with Gasteiger partial charge in [0, 0.05) is 6.04 Å². The lowest BCUT2D eigenvalue weighted by molar-refractivity contribution is 0.487. The molecular weight excluding hydrogens is 228 g/mol. The summed E-state index contributed by atoms with van der Waals surface area (Å²) in [6.07, 6.45) is 3.61. The first kappa shape index (κ1) is 9.12. The molecule has 3 fully saturated rings. The second kappa shape index (κ2) is 2.65. The van der Waals surface area contributed by atoms with E-state index in [-0.39, 0.29) is 11.2 Å². The number of rotatable bonds is 3. The van der Waals surface area contributed by atoms with Gasteiger partial charge in [0.1, 0.15) is 6.33 Å². The van der Waals surface area contributed by atoms with Crippen molar-refractivity contribution in [2.45, 2.75) is 24.0 Å². The molecule has 3 saturated carbocycles. The van der Waals surface area contributed by atoms with E-state index in [1.54, 1.807) is 0 Å². The Bertz CT molecular complexity index is 510. The molecule has 1 heterocycles. The van der Waals surface area contributed by atoms with E-state index in [1.807, 2.05) is 0 Å². The van der Waals surface area contributed by atoms with Crippen molar-refractivity contribution in [1.82, 2.24) is 19.9 Å². The molecule has 2 N–H and O–H groups in total. The molecule has 7 heteroatoms. The van der Waals surface area contributed by atoms with Crippen LogP contribution in [-0.2, 0) is 10.0 Å². The molecule has 0 amide bonds. The van der Waals surface area contributed by atoms with E-state index in [2.05, 4.69) is 19.9 Å². The standard InChI is InChI=1S/C9H12N4O2S/c14-16(15,9-10-3-11-12-9)13-8-6-1-4(6)5-2-7(5)8/h3-8,13H,1-2H2,(H,10,11,12)/t4-,5-,6-,7-/m1/s1. The Hall–Kier alpha value is -0.950. The van der Waals surface area contributed by atoms with E-state index in [9.17, 15) is 8.42 Å². The van der Waals surface area contributed by atoms with Crippen molar-refractivity contribution >= 4 is 10.0 Å². The molecule has 0 radical (unpaired) electrons. The second-order valence-corrected chi connectivity index (χ2v) is 6.69. The Kier molecular flexibility index (Phi) is 1.51. The molecule has 1 aromatic rings. The number of hydrogen-bond acceptors (Lipinski definition) is 4. The number of sulfonamides is 1. The summed E-state index contributed by atoms with van der Waals surface area (Å²) in [7, 11) is -3.49. The van der Waals surface area contributed by atoms with Gasteiger partial charge in [0.25, 0.3) is 15.2 Å². The van der Waals surface area contributed by atoms with Gasteiger partial charge in [0.15, 0.2) is 0 Å². The first-order valence-corrected chi connectivity index (χ1v) is 7.03. The van der Waals surface area contributed by atoms with Crippen LogP contribution in [0.25, 0.3) is 0 Å². The normalized spacial score (nSPS) is 43.9. The smallest absolute Gasteiger partial charge is 0.249 e. The summed E-state index contributed by atoms with van der Waals surface area (Å²) in [6.45, 7) is 0. The number of H-pyrrole nitrogens is 1. The van der Waals surface area contributed by atoms with Gasteiger partial charge in [-0.3, -0.25) is 0 Å². The summed E-state index contributed by atoms with van der Waals surface area (Å²) in [5, 5.41) is 5.89. The van der Waals surface area contributed by atoms with Gasteiger partial charge in [-0.1, -0.05) is 0 Å². The minimum atomic E-state index is -3.49. The quantitative estimate of drug-likeness (QED) is 0.761. The number of aromatic nitrogens is 3. The van der Waals surface area contributed by atoms with E-state index in [0.717, 1.165) is 11.8 Å². The molecule has 4 rings (SSSR count). The Labute approximate surface area is 92.9 Å². The number of hydrogen-bond donors (Lipinski definition) is 2. The lowest BCUT2D eigenvalue weighted by atomic mass is 10.1. The molecule has 0 spiro atoms. The van der Waals surface area contributed by atoms with Gasteiger partial charge in [-0.15, -0.1) is 0 Å². The zero-order valence-electron chi connectivity index (χ0n) is 8.50. The third-order valence-corrected chi connectivity index (χ3v) is 5.48. The van der Waals surface area contributed by atoms with Crippen LogP contribution in [0.3, 0.4) is 0 Å². The van der Waals surface area contributed by atoms with E-state index in [1.165, 1.54) is 19.2 Å². The summed E-state index contributed by atoms with van der Waals surface area (Å²) >= 11 is 0. The van der Waals surface area contributed by atoms with Crippen LogP contribution >= 0.6 is 0 Å². The molecule has 3 aliphatic rings. The number of nitrogens with one attached hydrogen (secondary N) is 2. The fourth-order valence-electron chi connectivity index (χ4n) is 3.33. The minimum absolute atomic E-state index is 0.0752. The monoisotopic (exact) mass is 240 g/mol. The maximum absolute atomic E-state index is 11.9. The molecule has 3 aliphatic carbocycles. The fraction of sp³-hybridized carbons (Fsp3) is 0.778. The van der Waals surface area contributed by atoms with Crippen molar-refractivity contribution in [2.24, 2.45) is 23.7 Å². The topological polar surface area (TPSA) is 87.7 Å². The van der Waals surface area contributed by atoms with E-state index in [4.69, 9.17) is 0 Å². The van der Waals surface area contributed by atoms with Crippen molar-refractivity contribution < 1.29 is 8.42 Å².